The molecule has 138 valence electrons. The summed E-state index contributed by atoms with van der Waals surface area (Å²) in [4.78, 5) is 30.5. The Morgan fingerprint density at radius 2 is 1.43 bits per heavy atom. The first-order valence-electron chi connectivity index (χ1n) is 7.24. The highest BCUT2D eigenvalue weighted by Crippen LogP contribution is 2.15. The highest BCUT2D eigenvalue weighted by molar-refractivity contribution is 5.88. The number of aliphatic carboxylic acids is 3. The van der Waals surface area contributed by atoms with Crippen LogP contribution in [-0.4, -0.2) is 55.5 Å². The highest BCUT2D eigenvalue weighted by atomic mass is 16.4. The van der Waals surface area contributed by atoms with Gasteiger partial charge in [0.05, 0.1) is 12.8 Å². The first-order chi connectivity index (χ1) is 10.1. The summed E-state index contributed by atoms with van der Waals surface area (Å²) in [5, 5.41) is 33.8. The number of hydrogen-bond acceptors (Lipinski definition) is 5. The fourth-order valence-electron chi connectivity index (χ4n) is 1.57. The summed E-state index contributed by atoms with van der Waals surface area (Å²) in [5.41, 5.74) is 2.98. The number of carboxylic acids is 3. The van der Waals surface area contributed by atoms with Crippen LogP contribution in [-0.2, 0) is 14.4 Å². The first-order valence-corrected chi connectivity index (χ1v) is 7.24. The number of hydrogen-bond donors (Lipinski definition) is 5. The van der Waals surface area contributed by atoms with E-state index in [1.54, 1.807) is 0 Å². The van der Waals surface area contributed by atoms with Gasteiger partial charge in [-0.3, -0.25) is 9.59 Å². The lowest BCUT2D eigenvalue weighted by atomic mass is 9.96. The van der Waals surface area contributed by atoms with E-state index in [0.29, 0.717) is 6.04 Å². The van der Waals surface area contributed by atoms with E-state index < -0.39 is 36.4 Å². The van der Waals surface area contributed by atoms with Crippen molar-refractivity contribution < 1.29 is 40.3 Å². The third-order valence-electron chi connectivity index (χ3n) is 2.99. The summed E-state index contributed by atoms with van der Waals surface area (Å²) in [6.07, 6.45) is 4.01. The highest BCUT2D eigenvalue weighted by Gasteiger charge is 2.40. The van der Waals surface area contributed by atoms with Crippen molar-refractivity contribution in [3.05, 3.63) is 0 Å². The van der Waals surface area contributed by atoms with E-state index in [1.165, 1.54) is 25.7 Å². The zero-order chi connectivity index (χ0) is 17.8. The number of rotatable bonds is 10. The van der Waals surface area contributed by atoms with Crippen LogP contribution in [0.15, 0.2) is 0 Å². The SMILES string of the molecule is CCCCCC(N)CC.O.O=C(O)CC(O)(CC(=O)O)C(=O)O. The van der Waals surface area contributed by atoms with Crippen molar-refractivity contribution in [2.24, 2.45) is 5.73 Å². The van der Waals surface area contributed by atoms with Crippen LogP contribution in [0.25, 0.3) is 0 Å². The van der Waals surface area contributed by atoms with Gasteiger partial charge in [-0.15, -0.1) is 0 Å². The van der Waals surface area contributed by atoms with Gasteiger partial charge >= 0.3 is 17.9 Å². The van der Waals surface area contributed by atoms with Crippen LogP contribution < -0.4 is 5.73 Å². The lowest BCUT2D eigenvalue weighted by Gasteiger charge is -2.18. The molecule has 0 aliphatic heterocycles. The van der Waals surface area contributed by atoms with Gasteiger partial charge in [0.25, 0.3) is 0 Å². The quantitative estimate of drug-likeness (QED) is 0.349. The molecule has 1 unspecified atom stereocenters. The van der Waals surface area contributed by atoms with Gasteiger partial charge in [0, 0.05) is 6.04 Å². The molecule has 9 heteroatoms. The Morgan fingerprint density at radius 1 is 1.00 bits per heavy atom. The summed E-state index contributed by atoms with van der Waals surface area (Å²) >= 11 is 0. The van der Waals surface area contributed by atoms with E-state index >= 15 is 0 Å². The summed E-state index contributed by atoms with van der Waals surface area (Å²) in [6, 6.07) is 0.455. The minimum atomic E-state index is -2.74. The molecule has 0 spiro atoms. The minimum absolute atomic E-state index is 0. The average molecular weight is 339 g/mol. The van der Waals surface area contributed by atoms with Crippen molar-refractivity contribution in [1.29, 1.82) is 0 Å². The van der Waals surface area contributed by atoms with Crippen LogP contribution in [0.4, 0.5) is 0 Å². The summed E-state index contributed by atoms with van der Waals surface area (Å²) in [6.45, 7) is 4.37. The van der Waals surface area contributed by atoms with Gasteiger partial charge in [-0.05, 0) is 12.8 Å². The molecule has 8 N–H and O–H groups in total. The lowest BCUT2D eigenvalue weighted by Crippen LogP contribution is -2.42. The molecule has 0 amide bonds. The Balaban J connectivity index is -0.000000354. The topological polar surface area (TPSA) is 190 Å². The van der Waals surface area contributed by atoms with Gasteiger partial charge in [-0.2, -0.15) is 0 Å². The van der Waals surface area contributed by atoms with Gasteiger partial charge in [-0.25, -0.2) is 4.79 Å². The average Bonchev–Trinajstić information content (AvgIpc) is 2.37. The van der Waals surface area contributed by atoms with Crippen LogP contribution in [0.1, 0.15) is 58.8 Å². The lowest BCUT2D eigenvalue weighted by molar-refractivity contribution is -0.170. The number of carboxylic acid groups (broad SMARTS) is 3. The minimum Gasteiger partial charge on any atom is -0.481 e. The Labute approximate surface area is 135 Å². The van der Waals surface area contributed by atoms with Gasteiger partial charge in [-0.1, -0.05) is 33.1 Å². The predicted molar refractivity (Wildman–Crippen MR) is 83.1 cm³/mol. The van der Waals surface area contributed by atoms with Crippen molar-refractivity contribution in [3.8, 4) is 0 Å². The van der Waals surface area contributed by atoms with Crippen molar-refractivity contribution >= 4 is 17.9 Å². The van der Waals surface area contributed by atoms with E-state index in [9.17, 15) is 14.4 Å². The molecule has 0 aromatic heterocycles. The molecule has 0 heterocycles. The van der Waals surface area contributed by atoms with Crippen LogP contribution in [0.3, 0.4) is 0 Å². The molecule has 9 nitrogen and oxygen atoms in total. The van der Waals surface area contributed by atoms with Crippen LogP contribution in [0.5, 0.6) is 0 Å². The molecule has 0 fully saturated rings. The van der Waals surface area contributed by atoms with E-state index in [4.69, 9.17) is 26.2 Å². The van der Waals surface area contributed by atoms with Crippen LogP contribution >= 0.6 is 0 Å². The Hall–Kier alpha value is -1.71. The fraction of sp³-hybridized carbons (Fsp3) is 0.786. The summed E-state index contributed by atoms with van der Waals surface area (Å²) in [5.74, 6) is -5.02. The summed E-state index contributed by atoms with van der Waals surface area (Å²) in [7, 11) is 0. The standard InChI is InChI=1S/C8H19N.C6H8O7.H2O/c1-3-5-6-7-8(9)4-2;7-3(8)1-6(13,5(11)12)2-4(9)10;/h8H,3-7,9H2,1-2H3;13H,1-2H2,(H,7,8)(H,9,10)(H,11,12);1H2. The molecule has 0 aromatic carbocycles. The number of aliphatic hydroxyl groups is 1. The Kier molecular flexibility index (Phi) is 15.9. The molecule has 0 aliphatic rings. The monoisotopic (exact) mass is 339 g/mol. The van der Waals surface area contributed by atoms with Crippen LogP contribution in [0.2, 0.25) is 0 Å². The van der Waals surface area contributed by atoms with Crippen molar-refractivity contribution in [1.82, 2.24) is 0 Å². The molecule has 0 aliphatic carbocycles. The molecule has 0 saturated heterocycles. The van der Waals surface area contributed by atoms with E-state index in [-0.39, 0.29) is 5.48 Å². The largest absolute Gasteiger partial charge is 0.481 e. The van der Waals surface area contributed by atoms with Gasteiger partial charge in [0.1, 0.15) is 0 Å². The van der Waals surface area contributed by atoms with Gasteiger partial charge < -0.3 is 31.6 Å². The van der Waals surface area contributed by atoms with E-state index in [2.05, 4.69) is 13.8 Å². The molecule has 0 aromatic rings. The second-order valence-corrected chi connectivity index (χ2v) is 5.14. The third-order valence-corrected chi connectivity index (χ3v) is 2.99. The predicted octanol–water partition coefficient (Wildman–Crippen LogP) is 0.231. The summed E-state index contributed by atoms with van der Waals surface area (Å²) < 4.78 is 0. The normalized spacial score (nSPS) is 11.5. The fourth-order valence-corrected chi connectivity index (χ4v) is 1.57. The van der Waals surface area contributed by atoms with Crippen molar-refractivity contribution in [2.75, 3.05) is 0 Å². The third kappa shape index (κ3) is 15.0. The van der Waals surface area contributed by atoms with Gasteiger partial charge in [0.15, 0.2) is 5.60 Å². The van der Waals surface area contributed by atoms with E-state index in [1.807, 2.05) is 0 Å². The first kappa shape index (κ1) is 26.2. The molecule has 0 rings (SSSR count). The maximum Gasteiger partial charge on any atom is 0.336 e. The Morgan fingerprint density at radius 3 is 1.70 bits per heavy atom. The maximum absolute atomic E-state index is 10.3. The molecule has 0 radical (unpaired) electrons. The molecule has 1 atom stereocenters. The molecule has 0 bridgehead atoms. The number of carbonyl (C=O) groups is 3. The zero-order valence-corrected chi connectivity index (χ0v) is 13.6. The number of unbranched alkanes of at least 4 members (excludes halogenated alkanes) is 2. The van der Waals surface area contributed by atoms with E-state index in [0.717, 1.165) is 6.42 Å². The molecule has 23 heavy (non-hydrogen) atoms. The Bertz CT molecular complexity index is 343. The second-order valence-electron chi connectivity index (χ2n) is 5.14. The zero-order valence-electron chi connectivity index (χ0n) is 13.6. The van der Waals surface area contributed by atoms with Crippen LogP contribution in [0, 0.1) is 0 Å². The maximum atomic E-state index is 10.3. The molecular weight excluding hydrogens is 310 g/mol. The van der Waals surface area contributed by atoms with Gasteiger partial charge in [0.2, 0.25) is 0 Å². The van der Waals surface area contributed by atoms with Crippen molar-refractivity contribution in [3.63, 3.8) is 0 Å². The number of nitrogens with two attached hydrogens (primary N) is 1. The smallest absolute Gasteiger partial charge is 0.336 e. The molecular formula is C14H29NO8. The second kappa shape index (κ2) is 13.9. The van der Waals surface area contributed by atoms with Crippen molar-refractivity contribution in [2.45, 2.75) is 70.4 Å². The molecule has 0 saturated carbocycles.